The van der Waals surface area contributed by atoms with Crippen molar-refractivity contribution in [2.45, 2.75) is 24.8 Å². The lowest BCUT2D eigenvalue weighted by Gasteiger charge is -2.03. The Kier molecular flexibility index (Phi) is 2.76. The maximum absolute atomic E-state index is 5.75. The largest absolute Gasteiger partial charge is 0.474 e. The summed E-state index contributed by atoms with van der Waals surface area (Å²) < 4.78 is 5.75. The van der Waals surface area contributed by atoms with Crippen molar-refractivity contribution in [2.24, 2.45) is 4.99 Å². The van der Waals surface area contributed by atoms with Crippen LogP contribution in [0.5, 0.6) is 0 Å². The normalized spacial score (nSPS) is 21.4. The van der Waals surface area contributed by atoms with Gasteiger partial charge >= 0.3 is 0 Å². The Labute approximate surface area is 118 Å². The third-order valence-corrected chi connectivity index (χ3v) is 3.82. The predicted octanol–water partition coefficient (Wildman–Crippen LogP) is 3.48. The van der Waals surface area contributed by atoms with Crippen LogP contribution in [0, 0.1) is 0 Å². The average Bonchev–Trinajstić information content (AvgIpc) is 3.25. The summed E-state index contributed by atoms with van der Waals surface area (Å²) >= 11 is 0. The van der Waals surface area contributed by atoms with Crippen LogP contribution < -0.4 is 0 Å². The highest BCUT2D eigenvalue weighted by Crippen LogP contribution is 2.39. The SMILES string of the molecule is c1ccc([C@H]2COC(c3cccc(C4CC4)n3)=N2)cc1. The van der Waals surface area contributed by atoms with Crippen LogP contribution in [-0.4, -0.2) is 17.5 Å². The third-order valence-electron chi connectivity index (χ3n) is 3.82. The van der Waals surface area contributed by atoms with Crippen molar-refractivity contribution in [1.82, 2.24) is 4.98 Å². The van der Waals surface area contributed by atoms with Crippen LogP contribution in [0.4, 0.5) is 0 Å². The molecule has 2 heterocycles. The summed E-state index contributed by atoms with van der Waals surface area (Å²) in [6.07, 6.45) is 2.52. The Bertz CT molecular complexity index is 647. The highest BCUT2D eigenvalue weighted by atomic mass is 16.5. The van der Waals surface area contributed by atoms with E-state index in [1.54, 1.807) is 0 Å². The molecule has 0 radical (unpaired) electrons. The minimum atomic E-state index is 0.0950. The van der Waals surface area contributed by atoms with E-state index in [1.807, 2.05) is 24.3 Å². The van der Waals surface area contributed by atoms with Gasteiger partial charge < -0.3 is 4.74 Å². The van der Waals surface area contributed by atoms with E-state index in [9.17, 15) is 0 Å². The third kappa shape index (κ3) is 2.20. The number of rotatable bonds is 3. The zero-order chi connectivity index (χ0) is 13.4. The molecule has 2 aliphatic rings. The molecule has 1 aromatic heterocycles. The summed E-state index contributed by atoms with van der Waals surface area (Å²) in [4.78, 5) is 9.37. The number of hydrogen-bond acceptors (Lipinski definition) is 3. The lowest BCUT2D eigenvalue weighted by molar-refractivity contribution is 0.319. The Morgan fingerprint density at radius 3 is 2.60 bits per heavy atom. The molecule has 0 N–H and O–H groups in total. The highest BCUT2D eigenvalue weighted by Gasteiger charge is 2.27. The Morgan fingerprint density at radius 1 is 0.950 bits per heavy atom. The number of ether oxygens (including phenoxy) is 1. The van der Waals surface area contributed by atoms with Crippen molar-refractivity contribution in [1.29, 1.82) is 0 Å². The summed E-state index contributed by atoms with van der Waals surface area (Å²) in [5, 5.41) is 0. The van der Waals surface area contributed by atoms with Crippen LogP contribution >= 0.6 is 0 Å². The van der Waals surface area contributed by atoms with Gasteiger partial charge in [0.25, 0.3) is 0 Å². The van der Waals surface area contributed by atoms with Gasteiger partial charge in [0.1, 0.15) is 18.3 Å². The highest BCUT2D eigenvalue weighted by molar-refractivity contribution is 5.93. The molecule has 4 rings (SSSR count). The summed E-state index contributed by atoms with van der Waals surface area (Å²) in [6, 6.07) is 16.5. The van der Waals surface area contributed by atoms with Gasteiger partial charge in [-0.1, -0.05) is 36.4 Å². The smallest absolute Gasteiger partial charge is 0.236 e. The lowest BCUT2D eigenvalue weighted by atomic mass is 10.1. The fourth-order valence-electron chi connectivity index (χ4n) is 2.54. The molecular weight excluding hydrogens is 248 g/mol. The minimum absolute atomic E-state index is 0.0950. The molecule has 1 atom stereocenters. The van der Waals surface area contributed by atoms with E-state index in [0.717, 1.165) is 5.69 Å². The molecule has 1 aliphatic heterocycles. The molecule has 0 amide bonds. The molecule has 100 valence electrons. The molecule has 1 fully saturated rings. The zero-order valence-electron chi connectivity index (χ0n) is 11.2. The van der Waals surface area contributed by atoms with Gasteiger partial charge in [-0.05, 0) is 30.5 Å². The quantitative estimate of drug-likeness (QED) is 0.850. The van der Waals surface area contributed by atoms with Crippen molar-refractivity contribution in [3.63, 3.8) is 0 Å². The maximum Gasteiger partial charge on any atom is 0.236 e. The standard InChI is InChI=1S/C17H16N2O/c1-2-5-12(6-3-1)16-11-20-17(19-16)15-8-4-7-14(18-15)13-9-10-13/h1-8,13,16H,9-11H2/t16-/m1/s1. The fraction of sp³-hybridized carbons (Fsp3) is 0.294. The molecule has 3 nitrogen and oxygen atoms in total. The first-order chi connectivity index (χ1) is 9.90. The molecule has 3 heteroatoms. The predicted molar refractivity (Wildman–Crippen MR) is 77.9 cm³/mol. The van der Waals surface area contributed by atoms with Crippen LogP contribution in [0.2, 0.25) is 0 Å². The van der Waals surface area contributed by atoms with E-state index < -0.39 is 0 Å². The van der Waals surface area contributed by atoms with Gasteiger partial charge in [0.15, 0.2) is 0 Å². The van der Waals surface area contributed by atoms with E-state index >= 15 is 0 Å². The van der Waals surface area contributed by atoms with E-state index in [1.165, 1.54) is 24.1 Å². The first kappa shape index (κ1) is 11.6. The van der Waals surface area contributed by atoms with Gasteiger partial charge in [0.05, 0.1) is 0 Å². The number of benzene rings is 1. The van der Waals surface area contributed by atoms with E-state index in [0.29, 0.717) is 18.4 Å². The van der Waals surface area contributed by atoms with Crippen molar-refractivity contribution < 1.29 is 4.74 Å². The molecule has 2 aromatic rings. The van der Waals surface area contributed by atoms with Crippen molar-refractivity contribution >= 4 is 5.90 Å². The molecule has 0 saturated heterocycles. The first-order valence-corrected chi connectivity index (χ1v) is 7.13. The van der Waals surface area contributed by atoms with E-state index in [-0.39, 0.29) is 6.04 Å². The van der Waals surface area contributed by atoms with Crippen molar-refractivity contribution in [2.75, 3.05) is 6.61 Å². The van der Waals surface area contributed by atoms with Crippen LogP contribution in [0.25, 0.3) is 0 Å². The molecule has 1 aromatic carbocycles. The summed E-state index contributed by atoms with van der Waals surface area (Å²) in [5.41, 5.74) is 3.24. The van der Waals surface area contributed by atoms with Crippen LogP contribution in [0.15, 0.2) is 53.5 Å². The van der Waals surface area contributed by atoms with Gasteiger partial charge in [-0.2, -0.15) is 0 Å². The average molecular weight is 264 g/mol. The van der Waals surface area contributed by atoms with Gasteiger partial charge in [-0.3, -0.25) is 0 Å². The molecule has 0 bridgehead atoms. The Balaban J connectivity index is 1.61. The summed E-state index contributed by atoms with van der Waals surface area (Å²) in [7, 11) is 0. The van der Waals surface area contributed by atoms with Crippen molar-refractivity contribution in [3.8, 4) is 0 Å². The monoisotopic (exact) mass is 264 g/mol. The van der Waals surface area contributed by atoms with Crippen LogP contribution in [-0.2, 0) is 4.74 Å². The Hall–Kier alpha value is -2.16. The number of aliphatic imine (C=N–C) groups is 1. The van der Waals surface area contributed by atoms with E-state index in [2.05, 4.69) is 34.2 Å². The molecule has 0 unspecified atom stereocenters. The second-order valence-corrected chi connectivity index (χ2v) is 5.39. The van der Waals surface area contributed by atoms with Crippen LogP contribution in [0.3, 0.4) is 0 Å². The number of hydrogen-bond donors (Lipinski definition) is 0. The molecule has 20 heavy (non-hydrogen) atoms. The fourth-order valence-corrected chi connectivity index (χ4v) is 2.54. The summed E-state index contributed by atoms with van der Waals surface area (Å²) in [6.45, 7) is 0.606. The number of pyridine rings is 1. The maximum atomic E-state index is 5.75. The van der Waals surface area contributed by atoms with Gasteiger partial charge in [0, 0.05) is 11.6 Å². The Morgan fingerprint density at radius 2 is 1.80 bits per heavy atom. The topological polar surface area (TPSA) is 34.5 Å². The second kappa shape index (κ2) is 4.75. The number of nitrogens with zero attached hydrogens (tertiary/aromatic N) is 2. The zero-order valence-corrected chi connectivity index (χ0v) is 11.2. The second-order valence-electron chi connectivity index (χ2n) is 5.39. The molecular formula is C17H16N2O. The van der Waals surface area contributed by atoms with Gasteiger partial charge in [-0.15, -0.1) is 0 Å². The number of aromatic nitrogens is 1. The van der Waals surface area contributed by atoms with Gasteiger partial charge in [0.2, 0.25) is 5.90 Å². The lowest BCUT2D eigenvalue weighted by Crippen LogP contribution is -2.05. The summed E-state index contributed by atoms with van der Waals surface area (Å²) in [5.74, 6) is 1.34. The van der Waals surface area contributed by atoms with Gasteiger partial charge in [-0.25, -0.2) is 9.98 Å². The van der Waals surface area contributed by atoms with E-state index in [4.69, 9.17) is 4.74 Å². The van der Waals surface area contributed by atoms with Crippen LogP contribution in [0.1, 0.15) is 41.8 Å². The molecule has 1 aliphatic carbocycles. The molecule has 1 saturated carbocycles. The van der Waals surface area contributed by atoms with Crippen molar-refractivity contribution in [3.05, 3.63) is 65.5 Å². The minimum Gasteiger partial charge on any atom is -0.474 e. The first-order valence-electron chi connectivity index (χ1n) is 7.13. The molecule has 0 spiro atoms.